The fourth-order valence-corrected chi connectivity index (χ4v) is 2.65. The number of hydrogen-bond acceptors (Lipinski definition) is 2. The second kappa shape index (κ2) is 4.98. The van der Waals surface area contributed by atoms with E-state index in [1.807, 2.05) is 0 Å². The van der Waals surface area contributed by atoms with Crippen LogP contribution >= 0.6 is 0 Å². The molecule has 1 aromatic carbocycles. The van der Waals surface area contributed by atoms with Gasteiger partial charge in [0.25, 0.3) is 0 Å². The van der Waals surface area contributed by atoms with Crippen LogP contribution in [-0.2, 0) is 6.54 Å². The van der Waals surface area contributed by atoms with Gasteiger partial charge in [0.1, 0.15) is 0 Å². The van der Waals surface area contributed by atoms with Crippen molar-refractivity contribution in [1.82, 2.24) is 4.90 Å². The van der Waals surface area contributed by atoms with Crippen molar-refractivity contribution in [2.45, 2.75) is 31.8 Å². The van der Waals surface area contributed by atoms with Crippen LogP contribution in [0.3, 0.4) is 0 Å². The third-order valence-electron chi connectivity index (χ3n) is 3.68. The van der Waals surface area contributed by atoms with Gasteiger partial charge in [-0.05, 0) is 44.0 Å². The van der Waals surface area contributed by atoms with Gasteiger partial charge in [0.15, 0.2) is 0 Å². The zero-order valence-corrected chi connectivity index (χ0v) is 10.3. The van der Waals surface area contributed by atoms with Gasteiger partial charge in [-0.15, -0.1) is 0 Å². The van der Waals surface area contributed by atoms with E-state index >= 15 is 0 Å². The minimum Gasteiger partial charge on any atom is -0.326 e. The molecule has 0 bridgehead atoms. The highest BCUT2D eigenvalue weighted by atomic mass is 15.1. The summed E-state index contributed by atoms with van der Waals surface area (Å²) in [6.45, 7) is 0.638. The van der Waals surface area contributed by atoms with E-state index in [4.69, 9.17) is 5.73 Å². The van der Waals surface area contributed by atoms with Gasteiger partial charge in [0.05, 0.1) is 0 Å². The smallest absolute Gasteiger partial charge is 0.0370 e. The lowest BCUT2D eigenvalue weighted by molar-refractivity contribution is 0.142. The highest BCUT2D eigenvalue weighted by Gasteiger charge is 2.29. The monoisotopic (exact) mass is 218 g/mol. The Balaban J connectivity index is 2.23. The van der Waals surface area contributed by atoms with Gasteiger partial charge in [-0.1, -0.05) is 30.7 Å². The summed E-state index contributed by atoms with van der Waals surface area (Å²) in [4.78, 5) is 2.35. The Morgan fingerprint density at radius 2 is 2.12 bits per heavy atom. The molecule has 0 spiro atoms. The summed E-state index contributed by atoms with van der Waals surface area (Å²) in [5, 5.41) is 0. The van der Waals surface area contributed by atoms with Crippen molar-refractivity contribution in [2.24, 2.45) is 11.7 Å². The third-order valence-corrected chi connectivity index (χ3v) is 3.68. The minimum absolute atomic E-state index is 0.570. The molecule has 16 heavy (non-hydrogen) atoms. The summed E-state index contributed by atoms with van der Waals surface area (Å²) >= 11 is 0. The molecular formula is C14H22N2. The van der Waals surface area contributed by atoms with Crippen LogP contribution in [0.2, 0.25) is 0 Å². The second-order valence-electron chi connectivity index (χ2n) is 5.05. The lowest BCUT2D eigenvalue weighted by Gasteiger charge is -2.38. The molecule has 1 aromatic rings. The summed E-state index contributed by atoms with van der Waals surface area (Å²) in [6.07, 6.45) is 4.14. The van der Waals surface area contributed by atoms with Gasteiger partial charge in [-0.25, -0.2) is 0 Å². The van der Waals surface area contributed by atoms with Crippen LogP contribution in [0.5, 0.6) is 0 Å². The summed E-state index contributed by atoms with van der Waals surface area (Å²) in [6, 6.07) is 9.31. The number of benzene rings is 1. The van der Waals surface area contributed by atoms with E-state index in [0.717, 1.165) is 5.92 Å². The van der Waals surface area contributed by atoms with Crippen LogP contribution < -0.4 is 5.73 Å². The van der Waals surface area contributed by atoms with Crippen molar-refractivity contribution in [3.05, 3.63) is 35.4 Å². The second-order valence-corrected chi connectivity index (χ2v) is 5.05. The van der Waals surface area contributed by atoms with Crippen LogP contribution in [0.4, 0.5) is 0 Å². The predicted octanol–water partition coefficient (Wildman–Crippen LogP) is 2.55. The molecule has 88 valence electrons. The maximum atomic E-state index is 5.70. The Kier molecular flexibility index (Phi) is 3.62. The molecule has 1 aliphatic carbocycles. The molecule has 1 saturated carbocycles. The van der Waals surface area contributed by atoms with Gasteiger partial charge in [-0.3, -0.25) is 0 Å². The Morgan fingerprint density at radius 1 is 1.38 bits per heavy atom. The van der Waals surface area contributed by atoms with Crippen LogP contribution in [0, 0.1) is 5.92 Å². The predicted molar refractivity (Wildman–Crippen MR) is 68.1 cm³/mol. The number of nitrogens with two attached hydrogens (primary N) is 1. The zero-order chi connectivity index (χ0) is 11.5. The quantitative estimate of drug-likeness (QED) is 0.841. The first-order valence-corrected chi connectivity index (χ1v) is 6.17. The highest BCUT2D eigenvalue weighted by Crippen LogP contribution is 2.40. The fourth-order valence-electron chi connectivity index (χ4n) is 2.65. The highest BCUT2D eigenvalue weighted by molar-refractivity contribution is 5.26. The minimum atomic E-state index is 0.570. The summed E-state index contributed by atoms with van der Waals surface area (Å²) < 4.78 is 0. The largest absolute Gasteiger partial charge is 0.326 e. The van der Waals surface area contributed by atoms with E-state index in [9.17, 15) is 0 Å². The van der Waals surface area contributed by atoms with Crippen molar-refractivity contribution in [1.29, 1.82) is 0 Å². The molecule has 0 radical (unpaired) electrons. The molecule has 1 aliphatic rings. The van der Waals surface area contributed by atoms with Gasteiger partial charge >= 0.3 is 0 Å². The average Bonchev–Trinajstić information content (AvgIpc) is 2.22. The molecule has 1 unspecified atom stereocenters. The van der Waals surface area contributed by atoms with E-state index in [1.54, 1.807) is 0 Å². The van der Waals surface area contributed by atoms with Gasteiger partial charge in [0.2, 0.25) is 0 Å². The Morgan fingerprint density at radius 3 is 2.62 bits per heavy atom. The van der Waals surface area contributed by atoms with Gasteiger partial charge < -0.3 is 10.6 Å². The molecule has 0 heterocycles. The first kappa shape index (κ1) is 11.6. The van der Waals surface area contributed by atoms with Gasteiger partial charge in [0, 0.05) is 12.6 Å². The third kappa shape index (κ3) is 2.28. The van der Waals surface area contributed by atoms with E-state index < -0.39 is 0 Å². The molecule has 1 fully saturated rings. The molecule has 2 N–H and O–H groups in total. The summed E-state index contributed by atoms with van der Waals surface area (Å²) in [5.74, 6) is 0.836. The molecular weight excluding hydrogens is 196 g/mol. The lowest BCUT2D eigenvalue weighted by Crippen LogP contribution is -2.31. The fraction of sp³-hybridized carbons (Fsp3) is 0.571. The molecule has 0 amide bonds. The van der Waals surface area contributed by atoms with Crippen molar-refractivity contribution in [2.75, 3.05) is 14.1 Å². The molecule has 0 aromatic heterocycles. The number of hydrogen-bond donors (Lipinski definition) is 1. The van der Waals surface area contributed by atoms with Crippen molar-refractivity contribution in [3.8, 4) is 0 Å². The van der Waals surface area contributed by atoms with Gasteiger partial charge in [-0.2, -0.15) is 0 Å². The normalized spacial score (nSPS) is 18.5. The Bertz CT molecular complexity index is 342. The maximum Gasteiger partial charge on any atom is 0.0370 e. The molecule has 1 atom stereocenters. The van der Waals surface area contributed by atoms with E-state index in [-0.39, 0.29) is 0 Å². The molecule has 2 rings (SSSR count). The first-order valence-electron chi connectivity index (χ1n) is 6.17. The van der Waals surface area contributed by atoms with Crippen molar-refractivity contribution in [3.63, 3.8) is 0 Å². The van der Waals surface area contributed by atoms with E-state index in [1.165, 1.54) is 30.4 Å². The van der Waals surface area contributed by atoms with Crippen molar-refractivity contribution >= 4 is 0 Å². The standard InChI is InChI=1S/C14H22N2/c1-16(2)14(12-6-4-7-12)13-8-3-5-11(9-13)10-15/h3,5,8-9,12,14H,4,6-7,10,15H2,1-2H3. The van der Waals surface area contributed by atoms with Crippen LogP contribution in [0.25, 0.3) is 0 Å². The molecule has 2 heteroatoms. The molecule has 2 nitrogen and oxygen atoms in total. The van der Waals surface area contributed by atoms with E-state index in [2.05, 4.69) is 43.3 Å². The van der Waals surface area contributed by atoms with E-state index in [0.29, 0.717) is 12.6 Å². The Hall–Kier alpha value is -0.860. The average molecular weight is 218 g/mol. The van der Waals surface area contributed by atoms with Crippen molar-refractivity contribution < 1.29 is 0 Å². The Labute approximate surface area is 98.4 Å². The lowest BCUT2D eigenvalue weighted by atomic mass is 9.76. The molecule has 0 aliphatic heterocycles. The van der Waals surface area contributed by atoms with Crippen LogP contribution in [0.15, 0.2) is 24.3 Å². The topological polar surface area (TPSA) is 29.3 Å². The summed E-state index contributed by atoms with van der Waals surface area (Å²) in [7, 11) is 4.36. The molecule has 0 saturated heterocycles. The first-order chi connectivity index (χ1) is 7.72. The SMILES string of the molecule is CN(C)C(c1cccc(CN)c1)C1CCC1. The van der Waals surface area contributed by atoms with Crippen LogP contribution in [0.1, 0.15) is 36.4 Å². The number of rotatable bonds is 4. The maximum absolute atomic E-state index is 5.70. The summed E-state index contributed by atoms with van der Waals surface area (Å²) in [5.41, 5.74) is 8.37. The number of nitrogens with zero attached hydrogens (tertiary/aromatic N) is 1. The van der Waals surface area contributed by atoms with Crippen LogP contribution in [-0.4, -0.2) is 19.0 Å². The zero-order valence-electron chi connectivity index (χ0n) is 10.3.